The lowest BCUT2D eigenvalue weighted by atomic mass is 10.1. The van der Waals surface area contributed by atoms with Gasteiger partial charge in [-0.15, -0.1) is 0 Å². The predicted octanol–water partition coefficient (Wildman–Crippen LogP) is 4.91. The highest BCUT2D eigenvalue weighted by molar-refractivity contribution is 9.11. The zero-order valence-electron chi connectivity index (χ0n) is 13.1. The van der Waals surface area contributed by atoms with Gasteiger partial charge >= 0.3 is 0 Å². The predicted molar refractivity (Wildman–Crippen MR) is 102 cm³/mol. The average Bonchev–Trinajstić information content (AvgIpc) is 2.49. The quantitative estimate of drug-likeness (QED) is 0.510. The number of nitrogens with zero attached hydrogens (tertiary/aromatic N) is 2. The summed E-state index contributed by atoms with van der Waals surface area (Å²) >= 11 is 8.36. The van der Waals surface area contributed by atoms with Crippen LogP contribution in [0, 0.1) is 13.8 Å². The van der Waals surface area contributed by atoms with Crippen LogP contribution < -0.4 is 5.32 Å². The summed E-state index contributed by atoms with van der Waals surface area (Å²) in [6, 6.07) is 5.65. The Morgan fingerprint density at radius 1 is 1.22 bits per heavy atom. The van der Waals surface area contributed by atoms with Gasteiger partial charge in [-0.25, -0.2) is 9.97 Å². The smallest absolute Gasteiger partial charge is 0.224 e. The third-order valence-electron chi connectivity index (χ3n) is 3.39. The van der Waals surface area contributed by atoms with Gasteiger partial charge < -0.3 is 5.32 Å². The Kier molecular flexibility index (Phi) is 6.61. The molecule has 0 unspecified atom stereocenters. The molecule has 0 saturated heterocycles. The van der Waals surface area contributed by atoms with Gasteiger partial charge in [-0.1, -0.05) is 27.7 Å². The summed E-state index contributed by atoms with van der Waals surface area (Å²) in [7, 11) is 0. The molecule has 0 aliphatic heterocycles. The van der Waals surface area contributed by atoms with Gasteiger partial charge in [-0.3, -0.25) is 4.79 Å². The maximum absolute atomic E-state index is 12.2. The summed E-state index contributed by atoms with van der Waals surface area (Å²) in [5.41, 5.74) is 3.70. The molecule has 0 saturated carbocycles. The number of benzene rings is 1. The van der Waals surface area contributed by atoms with E-state index >= 15 is 0 Å². The Bertz CT molecular complexity index is 714. The number of carbonyl (C=O) groups excluding carboxylic acids is 1. The standard InChI is InChI=1S/C16H17Br2N3OS/c1-9-12(10(2)20-16(19-9)23-3)5-7-15(22)21-14-6-4-11(17)8-13(14)18/h4,6,8H,5,7H2,1-3H3,(H,21,22). The van der Waals surface area contributed by atoms with E-state index in [2.05, 4.69) is 47.1 Å². The van der Waals surface area contributed by atoms with E-state index in [1.54, 1.807) is 0 Å². The number of aryl methyl sites for hydroxylation is 2. The van der Waals surface area contributed by atoms with E-state index in [1.807, 2.05) is 38.3 Å². The summed E-state index contributed by atoms with van der Waals surface area (Å²) in [4.78, 5) is 21.1. The van der Waals surface area contributed by atoms with E-state index in [9.17, 15) is 4.79 Å². The van der Waals surface area contributed by atoms with Crippen molar-refractivity contribution in [1.82, 2.24) is 9.97 Å². The summed E-state index contributed by atoms with van der Waals surface area (Å²) in [6.45, 7) is 3.93. The monoisotopic (exact) mass is 457 g/mol. The first-order chi connectivity index (χ1) is 10.9. The molecule has 0 atom stereocenters. The zero-order valence-corrected chi connectivity index (χ0v) is 17.1. The van der Waals surface area contributed by atoms with E-state index in [1.165, 1.54) is 11.8 Å². The van der Waals surface area contributed by atoms with Crippen molar-refractivity contribution in [3.63, 3.8) is 0 Å². The molecule has 0 spiro atoms. The summed E-state index contributed by atoms with van der Waals surface area (Å²) in [5, 5.41) is 3.69. The molecular weight excluding hydrogens is 442 g/mol. The fraction of sp³-hybridized carbons (Fsp3) is 0.312. The number of aromatic nitrogens is 2. The van der Waals surface area contributed by atoms with E-state index < -0.39 is 0 Å². The topological polar surface area (TPSA) is 54.9 Å². The summed E-state index contributed by atoms with van der Waals surface area (Å²) in [6.07, 6.45) is 2.98. The number of hydrogen-bond acceptors (Lipinski definition) is 4. The fourth-order valence-corrected chi connectivity index (χ4v) is 3.81. The van der Waals surface area contributed by atoms with E-state index in [0.29, 0.717) is 12.8 Å². The zero-order chi connectivity index (χ0) is 17.0. The first kappa shape index (κ1) is 18.4. The Labute approximate surface area is 157 Å². The van der Waals surface area contributed by atoms with Crippen LogP contribution in [0.5, 0.6) is 0 Å². The summed E-state index contributed by atoms with van der Waals surface area (Å²) < 4.78 is 1.81. The van der Waals surface area contributed by atoms with Crippen LogP contribution in [0.2, 0.25) is 0 Å². The van der Waals surface area contributed by atoms with Gasteiger partial charge in [0, 0.05) is 26.8 Å². The lowest BCUT2D eigenvalue weighted by molar-refractivity contribution is -0.116. The second kappa shape index (κ2) is 8.26. The van der Waals surface area contributed by atoms with E-state index in [0.717, 1.165) is 36.7 Å². The van der Waals surface area contributed by atoms with Crippen LogP contribution in [-0.4, -0.2) is 22.1 Å². The highest BCUT2D eigenvalue weighted by Gasteiger charge is 2.11. The van der Waals surface area contributed by atoms with Crippen molar-refractivity contribution < 1.29 is 4.79 Å². The Morgan fingerprint density at radius 3 is 2.43 bits per heavy atom. The normalized spacial score (nSPS) is 10.7. The fourth-order valence-electron chi connectivity index (χ4n) is 2.20. The van der Waals surface area contributed by atoms with Crippen molar-refractivity contribution in [2.24, 2.45) is 0 Å². The van der Waals surface area contributed by atoms with Crippen LogP contribution in [0.4, 0.5) is 5.69 Å². The van der Waals surface area contributed by atoms with Gasteiger partial charge in [0.1, 0.15) is 0 Å². The molecule has 1 amide bonds. The minimum Gasteiger partial charge on any atom is -0.325 e. The second-order valence-corrected chi connectivity index (χ2v) is 7.58. The van der Waals surface area contributed by atoms with Crippen molar-refractivity contribution in [1.29, 1.82) is 0 Å². The highest BCUT2D eigenvalue weighted by Crippen LogP contribution is 2.26. The van der Waals surface area contributed by atoms with Gasteiger partial charge in [0.05, 0.1) is 5.69 Å². The van der Waals surface area contributed by atoms with E-state index in [-0.39, 0.29) is 5.91 Å². The molecule has 0 radical (unpaired) electrons. The number of carbonyl (C=O) groups is 1. The lowest BCUT2D eigenvalue weighted by Crippen LogP contribution is -2.14. The number of thioether (sulfide) groups is 1. The molecule has 0 aliphatic rings. The molecule has 7 heteroatoms. The molecule has 1 heterocycles. The molecule has 1 aromatic carbocycles. The molecule has 23 heavy (non-hydrogen) atoms. The Morgan fingerprint density at radius 2 is 1.87 bits per heavy atom. The van der Waals surface area contributed by atoms with Crippen molar-refractivity contribution >= 4 is 55.2 Å². The van der Waals surface area contributed by atoms with Gasteiger partial charge in [-0.2, -0.15) is 0 Å². The molecule has 0 aliphatic carbocycles. The Hall–Kier alpha value is -0.920. The van der Waals surface area contributed by atoms with Gasteiger partial charge in [-0.05, 0) is 66.2 Å². The number of anilines is 1. The molecule has 2 aromatic rings. The molecule has 1 aromatic heterocycles. The third-order valence-corrected chi connectivity index (χ3v) is 5.09. The molecule has 1 N–H and O–H groups in total. The molecule has 4 nitrogen and oxygen atoms in total. The molecule has 2 rings (SSSR count). The largest absolute Gasteiger partial charge is 0.325 e. The number of rotatable bonds is 5. The Balaban J connectivity index is 2.02. The van der Waals surface area contributed by atoms with Crippen molar-refractivity contribution in [3.8, 4) is 0 Å². The number of amides is 1. The van der Waals surface area contributed by atoms with Gasteiger partial charge in [0.15, 0.2) is 5.16 Å². The van der Waals surface area contributed by atoms with Gasteiger partial charge in [0.2, 0.25) is 5.91 Å². The maximum Gasteiger partial charge on any atom is 0.224 e. The van der Waals surface area contributed by atoms with Crippen molar-refractivity contribution in [2.75, 3.05) is 11.6 Å². The number of halogens is 2. The number of hydrogen-bond donors (Lipinski definition) is 1. The maximum atomic E-state index is 12.2. The first-order valence-electron chi connectivity index (χ1n) is 7.03. The number of nitrogens with one attached hydrogen (secondary N) is 1. The van der Waals surface area contributed by atoms with Crippen LogP contribution in [0.3, 0.4) is 0 Å². The molecule has 0 bridgehead atoms. The van der Waals surface area contributed by atoms with Crippen molar-refractivity contribution in [2.45, 2.75) is 31.8 Å². The molecular formula is C16H17Br2N3OS. The van der Waals surface area contributed by atoms with Crippen LogP contribution in [0.15, 0.2) is 32.3 Å². The average molecular weight is 459 g/mol. The SMILES string of the molecule is CSc1nc(C)c(CCC(=O)Nc2ccc(Br)cc2Br)c(C)n1. The van der Waals surface area contributed by atoms with Crippen LogP contribution in [-0.2, 0) is 11.2 Å². The molecule has 122 valence electrons. The minimum absolute atomic E-state index is 0.0271. The lowest BCUT2D eigenvalue weighted by Gasteiger charge is -2.11. The highest BCUT2D eigenvalue weighted by atomic mass is 79.9. The van der Waals surface area contributed by atoms with Crippen molar-refractivity contribution in [3.05, 3.63) is 44.1 Å². The minimum atomic E-state index is -0.0271. The first-order valence-corrected chi connectivity index (χ1v) is 9.84. The van der Waals surface area contributed by atoms with Crippen LogP contribution in [0.25, 0.3) is 0 Å². The van der Waals surface area contributed by atoms with Crippen LogP contribution >= 0.6 is 43.6 Å². The summed E-state index contributed by atoms with van der Waals surface area (Å²) in [5.74, 6) is -0.0271. The van der Waals surface area contributed by atoms with Gasteiger partial charge in [0.25, 0.3) is 0 Å². The van der Waals surface area contributed by atoms with E-state index in [4.69, 9.17) is 0 Å². The van der Waals surface area contributed by atoms with Crippen LogP contribution in [0.1, 0.15) is 23.4 Å². The molecule has 0 fully saturated rings. The second-order valence-electron chi connectivity index (χ2n) is 5.03. The third kappa shape index (κ3) is 5.02.